The van der Waals surface area contributed by atoms with Crippen LogP contribution in [-0.4, -0.2) is 37.5 Å². The monoisotopic (exact) mass is 425 g/mol. The fraction of sp³-hybridized carbons (Fsp3) is 0.273. The topological polar surface area (TPSA) is 92.5 Å². The molecule has 1 saturated heterocycles. The Morgan fingerprint density at radius 1 is 1.00 bits per heavy atom. The van der Waals surface area contributed by atoms with Crippen LogP contribution in [-0.2, 0) is 10.0 Å². The summed E-state index contributed by atoms with van der Waals surface area (Å²) in [4.78, 5) is 14.8. The van der Waals surface area contributed by atoms with E-state index in [0.717, 1.165) is 37.1 Å². The Morgan fingerprint density at radius 3 is 2.40 bits per heavy atom. The number of benzene rings is 2. The number of aromatic nitrogens is 1. The van der Waals surface area contributed by atoms with Crippen LogP contribution in [0.1, 0.15) is 35.4 Å². The van der Waals surface area contributed by atoms with Crippen molar-refractivity contribution in [2.45, 2.75) is 31.1 Å². The van der Waals surface area contributed by atoms with Crippen LogP contribution in [0.5, 0.6) is 0 Å². The number of hydrogen-bond donors (Lipinski definition) is 1. The van der Waals surface area contributed by atoms with Gasteiger partial charge in [-0.1, -0.05) is 29.4 Å². The van der Waals surface area contributed by atoms with E-state index in [0.29, 0.717) is 11.3 Å². The Morgan fingerprint density at radius 2 is 1.73 bits per heavy atom. The molecule has 0 aliphatic carbocycles. The summed E-state index contributed by atoms with van der Waals surface area (Å²) in [5, 5.41) is 3.66. The highest BCUT2D eigenvalue weighted by atomic mass is 32.2. The van der Waals surface area contributed by atoms with Crippen LogP contribution in [0.15, 0.2) is 64.0 Å². The van der Waals surface area contributed by atoms with Crippen molar-refractivity contribution in [1.29, 1.82) is 0 Å². The van der Waals surface area contributed by atoms with Crippen molar-refractivity contribution < 1.29 is 17.7 Å². The van der Waals surface area contributed by atoms with Gasteiger partial charge in [-0.05, 0) is 61.6 Å². The first-order valence-corrected chi connectivity index (χ1v) is 11.4. The molecule has 0 spiro atoms. The van der Waals surface area contributed by atoms with Crippen LogP contribution in [0, 0.1) is 6.92 Å². The van der Waals surface area contributed by atoms with E-state index < -0.39 is 10.0 Å². The molecule has 7 nitrogen and oxygen atoms in total. The second-order valence-corrected chi connectivity index (χ2v) is 9.07. The van der Waals surface area contributed by atoms with Gasteiger partial charge in [-0.25, -0.2) is 8.42 Å². The summed E-state index contributed by atoms with van der Waals surface area (Å²) in [5.74, 6) is 0.699. The first-order chi connectivity index (χ1) is 14.4. The Balaban J connectivity index is 1.53. The van der Waals surface area contributed by atoms with Crippen LogP contribution < -0.4 is 4.72 Å². The number of aryl methyl sites for hydroxylation is 1. The number of piperidine rings is 1. The summed E-state index contributed by atoms with van der Waals surface area (Å²) < 4.78 is 32.4. The van der Waals surface area contributed by atoms with Crippen molar-refractivity contribution in [2.24, 2.45) is 0 Å². The molecule has 1 fully saturated rings. The lowest BCUT2D eigenvalue weighted by Crippen LogP contribution is -2.35. The fourth-order valence-corrected chi connectivity index (χ4v) is 4.53. The lowest BCUT2D eigenvalue weighted by Gasteiger charge is -2.26. The molecule has 30 heavy (non-hydrogen) atoms. The number of likely N-dealkylation sites (tertiary alicyclic amines) is 1. The number of nitrogens with one attached hydrogen (secondary N) is 1. The number of sulfonamides is 1. The highest BCUT2D eigenvalue weighted by Gasteiger charge is 2.19. The third kappa shape index (κ3) is 4.38. The highest BCUT2D eigenvalue weighted by molar-refractivity contribution is 7.92. The molecule has 8 heteroatoms. The molecule has 156 valence electrons. The van der Waals surface area contributed by atoms with Crippen LogP contribution >= 0.6 is 0 Å². The Hall–Kier alpha value is -3.13. The van der Waals surface area contributed by atoms with Crippen LogP contribution in [0.2, 0.25) is 0 Å². The van der Waals surface area contributed by atoms with Crippen molar-refractivity contribution >= 4 is 21.7 Å². The van der Waals surface area contributed by atoms with Gasteiger partial charge in [-0.3, -0.25) is 9.52 Å². The van der Waals surface area contributed by atoms with Gasteiger partial charge in [-0.15, -0.1) is 0 Å². The van der Waals surface area contributed by atoms with Crippen LogP contribution in [0.4, 0.5) is 5.82 Å². The smallest absolute Gasteiger partial charge is 0.263 e. The molecule has 1 aliphatic heterocycles. The van der Waals surface area contributed by atoms with Crippen molar-refractivity contribution in [2.75, 3.05) is 17.8 Å². The van der Waals surface area contributed by atoms with Crippen molar-refractivity contribution in [1.82, 2.24) is 10.1 Å². The van der Waals surface area contributed by atoms with Gasteiger partial charge in [0.05, 0.1) is 4.90 Å². The summed E-state index contributed by atoms with van der Waals surface area (Å²) in [6, 6.07) is 15.5. The molecule has 1 amide bonds. The zero-order valence-corrected chi connectivity index (χ0v) is 17.5. The average Bonchev–Trinajstić information content (AvgIpc) is 3.18. The molecule has 0 atom stereocenters. The molecule has 0 unspecified atom stereocenters. The zero-order chi connectivity index (χ0) is 21.1. The quantitative estimate of drug-likeness (QED) is 0.665. The third-order valence-corrected chi connectivity index (χ3v) is 6.49. The predicted molar refractivity (Wildman–Crippen MR) is 114 cm³/mol. The van der Waals surface area contributed by atoms with Crippen molar-refractivity contribution in [3.63, 3.8) is 0 Å². The number of nitrogens with zero attached hydrogens (tertiary/aromatic N) is 2. The minimum atomic E-state index is -3.77. The maximum absolute atomic E-state index is 12.8. The van der Waals surface area contributed by atoms with Gasteiger partial charge in [-0.2, -0.15) is 0 Å². The number of amides is 1. The SMILES string of the molecule is Cc1cc(NS(=O)(=O)c2ccc(-c3cccc(C(=O)N4CCCCC4)c3)cc2)no1. The maximum atomic E-state index is 12.8. The van der Waals surface area contributed by atoms with Gasteiger partial charge in [0.2, 0.25) is 0 Å². The molecule has 1 aromatic heterocycles. The largest absolute Gasteiger partial charge is 0.360 e. The Kier molecular flexibility index (Phi) is 5.59. The van der Waals surface area contributed by atoms with E-state index >= 15 is 0 Å². The van der Waals surface area contributed by atoms with E-state index in [9.17, 15) is 13.2 Å². The van der Waals surface area contributed by atoms with Crippen LogP contribution in [0.25, 0.3) is 11.1 Å². The molecule has 0 saturated carbocycles. The lowest BCUT2D eigenvalue weighted by molar-refractivity contribution is 0.0724. The molecule has 4 rings (SSSR count). The summed E-state index contributed by atoms with van der Waals surface area (Å²) >= 11 is 0. The highest BCUT2D eigenvalue weighted by Crippen LogP contribution is 2.24. The summed E-state index contributed by atoms with van der Waals surface area (Å²) in [6.07, 6.45) is 3.26. The number of rotatable bonds is 5. The number of carbonyl (C=O) groups is 1. The molecular formula is C22H23N3O4S. The van der Waals surface area contributed by atoms with Crippen molar-refractivity contribution in [3.05, 3.63) is 65.9 Å². The maximum Gasteiger partial charge on any atom is 0.263 e. The molecule has 3 aromatic rings. The molecule has 0 radical (unpaired) electrons. The summed E-state index contributed by atoms with van der Waals surface area (Å²) in [6.45, 7) is 3.28. The van der Waals surface area contributed by atoms with E-state index in [1.165, 1.54) is 24.6 Å². The molecule has 1 N–H and O–H groups in total. The second-order valence-electron chi connectivity index (χ2n) is 7.39. The lowest BCUT2D eigenvalue weighted by atomic mass is 10.0. The molecule has 2 aromatic carbocycles. The number of anilines is 1. The minimum Gasteiger partial charge on any atom is -0.360 e. The Bertz CT molecular complexity index is 1150. The van der Waals surface area contributed by atoms with Gasteiger partial charge in [0.1, 0.15) is 5.76 Å². The van der Waals surface area contributed by atoms with E-state index in [4.69, 9.17) is 4.52 Å². The van der Waals surface area contributed by atoms with E-state index in [-0.39, 0.29) is 16.6 Å². The first-order valence-electron chi connectivity index (χ1n) is 9.88. The number of hydrogen-bond acceptors (Lipinski definition) is 5. The normalized spacial score (nSPS) is 14.5. The number of carbonyl (C=O) groups excluding carboxylic acids is 1. The molecule has 2 heterocycles. The zero-order valence-electron chi connectivity index (χ0n) is 16.7. The molecule has 1 aliphatic rings. The summed E-state index contributed by atoms with van der Waals surface area (Å²) in [5.41, 5.74) is 2.34. The molecular weight excluding hydrogens is 402 g/mol. The van der Waals surface area contributed by atoms with E-state index in [1.807, 2.05) is 29.2 Å². The van der Waals surface area contributed by atoms with Gasteiger partial charge in [0, 0.05) is 24.7 Å². The second kappa shape index (κ2) is 8.31. The van der Waals surface area contributed by atoms with E-state index in [1.54, 1.807) is 19.1 Å². The van der Waals surface area contributed by atoms with Crippen molar-refractivity contribution in [3.8, 4) is 11.1 Å². The van der Waals surface area contributed by atoms with Crippen LogP contribution in [0.3, 0.4) is 0 Å². The Labute approximate surface area is 175 Å². The van der Waals surface area contributed by atoms with Gasteiger partial charge < -0.3 is 9.42 Å². The summed E-state index contributed by atoms with van der Waals surface area (Å²) in [7, 11) is -3.77. The van der Waals surface area contributed by atoms with Gasteiger partial charge in [0.25, 0.3) is 15.9 Å². The molecule has 0 bridgehead atoms. The first kappa shape index (κ1) is 20.2. The van der Waals surface area contributed by atoms with E-state index in [2.05, 4.69) is 9.88 Å². The fourth-order valence-electron chi connectivity index (χ4n) is 3.55. The van der Waals surface area contributed by atoms with Gasteiger partial charge >= 0.3 is 0 Å². The standard InChI is InChI=1S/C22H23N3O4S/c1-16-14-21(23-29-16)24-30(27,28)20-10-8-17(9-11-20)18-6-5-7-19(15-18)22(26)25-12-3-2-4-13-25/h5-11,14-15H,2-4,12-13H2,1H3,(H,23,24). The average molecular weight is 426 g/mol. The third-order valence-electron chi connectivity index (χ3n) is 5.12. The minimum absolute atomic E-state index is 0.0443. The van der Waals surface area contributed by atoms with Gasteiger partial charge in [0.15, 0.2) is 5.82 Å². The predicted octanol–water partition coefficient (Wildman–Crippen LogP) is 4.08.